The van der Waals surface area contributed by atoms with Crippen LogP contribution in [-0.2, 0) is 22.4 Å². The largest absolute Gasteiger partial charge is 0.379 e. The zero-order chi connectivity index (χ0) is 16.8. The number of amides is 1. The number of carbonyl (C=O) groups is 1. The molecule has 0 atom stereocenters. The number of carbonyl (C=O) groups excluding carboxylic acids is 1. The Morgan fingerprint density at radius 2 is 1.92 bits per heavy atom. The first kappa shape index (κ1) is 17.1. The highest BCUT2D eigenvalue weighted by molar-refractivity contribution is 7.12. The fourth-order valence-electron chi connectivity index (χ4n) is 2.81. The topological polar surface area (TPSA) is 41.6 Å². The summed E-state index contributed by atoms with van der Waals surface area (Å²) in [7, 11) is 0. The maximum Gasteiger partial charge on any atom is 0.229 e. The number of nitrogens with one attached hydrogen (secondary N) is 1. The van der Waals surface area contributed by atoms with Gasteiger partial charge in [-0.15, -0.1) is 11.3 Å². The van der Waals surface area contributed by atoms with E-state index in [1.165, 1.54) is 10.4 Å². The van der Waals surface area contributed by atoms with Crippen LogP contribution in [0.3, 0.4) is 0 Å². The Morgan fingerprint density at radius 3 is 2.58 bits per heavy atom. The van der Waals surface area contributed by atoms with Crippen LogP contribution in [0.5, 0.6) is 0 Å². The predicted octanol–water partition coefficient (Wildman–Crippen LogP) is 3.11. The molecule has 4 nitrogen and oxygen atoms in total. The van der Waals surface area contributed by atoms with E-state index in [1.54, 1.807) is 11.3 Å². The van der Waals surface area contributed by atoms with Crippen LogP contribution < -0.4 is 5.32 Å². The summed E-state index contributed by atoms with van der Waals surface area (Å²) in [6, 6.07) is 12.3. The lowest BCUT2D eigenvalue weighted by atomic mass is 10.1. The summed E-state index contributed by atoms with van der Waals surface area (Å²) in [5.41, 5.74) is 2.16. The van der Waals surface area contributed by atoms with Gasteiger partial charge in [-0.1, -0.05) is 12.1 Å². The molecule has 1 saturated heterocycles. The van der Waals surface area contributed by atoms with E-state index < -0.39 is 0 Å². The Morgan fingerprint density at radius 1 is 1.17 bits per heavy atom. The van der Waals surface area contributed by atoms with Gasteiger partial charge in [-0.25, -0.2) is 0 Å². The number of hydrogen-bond donors (Lipinski definition) is 1. The summed E-state index contributed by atoms with van der Waals surface area (Å²) < 4.78 is 5.37. The van der Waals surface area contributed by atoms with E-state index in [4.69, 9.17) is 4.74 Å². The zero-order valence-electron chi connectivity index (χ0n) is 14.1. The minimum Gasteiger partial charge on any atom is -0.379 e. The Balaban J connectivity index is 1.46. The first-order valence-electron chi connectivity index (χ1n) is 8.43. The molecule has 1 aliphatic rings. The van der Waals surface area contributed by atoms with E-state index in [2.05, 4.69) is 35.3 Å². The minimum atomic E-state index is 0.0397. The monoisotopic (exact) mass is 344 g/mol. The number of aryl methyl sites for hydroxylation is 1. The van der Waals surface area contributed by atoms with E-state index in [0.29, 0.717) is 6.42 Å². The smallest absolute Gasteiger partial charge is 0.229 e. The minimum absolute atomic E-state index is 0.0397. The van der Waals surface area contributed by atoms with Crippen molar-refractivity contribution in [2.75, 3.05) is 38.2 Å². The molecule has 0 spiro atoms. The molecule has 2 aromatic rings. The van der Waals surface area contributed by atoms with E-state index in [0.717, 1.165) is 49.8 Å². The van der Waals surface area contributed by atoms with Crippen molar-refractivity contribution in [2.24, 2.45) is 0 Å². The summed E-state index contributed by atoms with van der Waals surface area (Å²) in [5.74, 6) is 0.0397. The van der Waals surface area contributed by atoms with Crippen molar-refractivity contribution in [2.45, 2.75) is 19.8 Å². The summed E-state index contributed by atoms with van der Waals surface area (Å²) in [6.45, 7) is 6.85. The number of thiophene rings is 1. The van der Waals surface area contributed by atoms with Gasteiger partial charge in [-0.2, -0.15) is 0 Å². The Bertz CT molecular complexity index is 660. The third-order valence-corrected chi connectivity index (χ3v) is 5.19. The van der Waals surface area contributed by atoms with Gasteiger partial charge in [0.15, 0.2) is 0 Å². The molecule has 5 heteroatoms. The van der Waals surface area contributed by atoms with Crippen molar-refractivity contribution in [1.82, 2.24) is 4.90 Å². The van der Waals surface area contributed by atoms with Crippen molar-refractivity contribution in [3.05, 3.63) is 51.7 Å². The summed E-state index contributed by atoms with van der Waals surface area (Å²) in [6.07, 6.45) is 1.47. The maximum absolute atomic E-state index is 12.1. The van der Waals surface area contributed by atoms with Crippen LogP contribution >= 0.6 is 11.3 Å². The normalized spacial score (nSPS) is 15.4. The zero-order valence-corrected chi connectivity index (χ0v) is 14.9. The summed E-state index contributed by atoms with van der Waals surface area (Å²) in [4.78, 5) is 16.9. The van der Waals surface area contributed by atoms with Crippen molar-refractivity contribution in [1.29, 1.82) is 0 Å². The van der Waals surface area contributed by atoms with Gasteiger partial charge in [-0.05, 0) is 43.2 Å². The Labute approximate surface area is 147 Å². The van der Waals surface area contributed by atoms with Crippen LogP contribution in [0.4, 0.5) is 5.69 Å². The Hall–Kier alpha value is -1.69. The number of hydrogen-bond acceptors (Lipinski definition) is 4. The molecule has 0 saturated carbocycles. The highest BCUT2D eigenvalue weighted by Crippen LogP contribution is 2.17. The van der Waals surface area contributed by atoms with Gasteiger partial charge >= 0.3 is 0 Å². The number of nitrogens with zero attached hydrogens (tertiary/aromatic N) is 1. The molecule has 128 valence electrons. The molecule has 2 heterocycles. The van der Waals surface area contributed by atoms with Crippen LogP contribution in [0.15, 0.2) is 36.4 Å². The molecule has 1 amide bonds. The second kappa shape index (κ2) is 8.42. The van der Waals surface area contributed by atoms with Crippen molar-refractivity contribution < 1.29 is 9.53 Å². The highest BCUT2D eigenvalue weighted by atomic mass is 32.1. The summed E-state index contributed by atoms with van der Waals surface area (Å²) in [5, 5.41) is 2.97. The van der Waals surface area contributed by atoms with Crippen molar-refractivity contribution >= 4 is 22.9 Å². The van der Waals surface area contributed by atoms with Crippen LogP contribution in [0, 0.1) is 6.92 Å². The van der Waals surface area contributed by atoms with Crippen LogP contribution in [0.25, 0.3) is 0 Å². The first-order valence-corrected chi connectivity index (χ1v) is 9.25. The third-order valence-electron chi connectivity index (χ3n) is 4.19. The van der Waals surface area contributed by atoms with Crippen LogP contribution in [0.1, 0.15) is 15.3 Å². The molecular weight excluding hydrogens is 320 g/mol. The van der Waals surface area contributed by atoms with Gasteiger partial charge in [0.05, 0.1) is 19.6 Å². The second-order valence-electron chi connectivity index (χ2n) is 6.14. The average molecular weight is 344 g/mol. The molecule has 3 rings (SSSR count). The molecule has 1 aromatic carbocycles. The molecule has 0 bridgehead atoms. The highest BCUT2D eigenvalue weighted by Gasteiger charge is 2.10. The number of morpholine rings is 1. The maximum atomic E-state index is 12.1. The van der Waals surface area contributed by atoms with Crippen molar-refractivity contribution in [3.63, 3.8) is 0 Å². The van der Waals surface area contributed by atoms with Gasteiger partial charge in [0, 0.05) is 35.1 Å². The lowest BCUT2D eigenvalue weighted by Crippen LogP contribution is -2.37. The van der Waals surface area contributed by atoms with E-state index in [-0.39, 0.29) is 5.91 Å². The van der Waals surface area contributed by atoms with Gasteiger partial charge in [0.1, 0.15) is 0 Å². The fourth-order valence-corrected chi connectivity index (χ4v) is 3.70. The molecule has 1 N–H and O–H groups in total. The SMILES string of the molecule is Cc1ccc(CC(=O)Nc2ccc(CCN3CCOCC3)cc2)s1. The molecule has 0 radical (unpaired) electrons. The quantitative estimate of drug-likeness (QED) is 0.875. The third kappa shape index (κ3) is 5.16. The number of anilines is 1. The Kier molecular flexibility index (Phi) is 6.01. The van der Waals surface area contributed by atoms with Gasteiger partial charge in [0.2, 0.25) is 5.91 Å². The molecule has 1 aliphatic heterocycles. The summed E-state index contributed by atoms with van der Waals surface area (Å²) >= 11 is 1.67. The van der Waals surface area contributed by atoms with E-state index >= 15 is 0 Å². The lowest BCUT2D eigenvalue weighted by molar-refractivity contribution is -0.115. The number of rotatable bonds is 6. The van der Waals surface area contributed by atoms with Gasteiger partial charge in [0.25, 0.3) is 0 Å². The second-order valence-corrected chi connectivity index (χ2v) is 7.51. The van der Waals surface area contributed by atoms with Gasteiger partial charge < -0.3 is 10.1 Å². The lowest BCUT2D eigenvalue weighted by Gasteiger charge is -2.26. The fraction of sp³-hybridized carbons (Fsp3) is 0.421. The molecule has 0 aliphatic carbocycles. The standard InChI is InChI=1S/C19H24N2O2S/c1-15-2-7-18(24-15)14-19(22)20-17-5-3-16(4-6-17)8-9-21-10-12-23-13-11-21/h2-7H,8-14H2,1H3,(H,20,22). The van der Waals surface area contributed by atoms with Crippen molar-refractivity contribution in [3.8, 4) is 0 Å². The molecule has 1 fully saturated rings. The molecular formula is C19H24N2O2S. The molecule has 1 aromatic heterocycles. The number of ether oxygens (including phenoxy) is 1. The average Bonchev–Trinajstić information content (AvgIpc) is 3.00. The number of benzene rings is 1. The van der Waals surface area contributed by atoms with Crippen LogP contribution in [0.2, 0.25) is 0 Å². The van der Waals surface area contributed by atoms with E-state index in [1.807, 2.05) is 18.2 Å². The predicted molar refractivity (Wildman–Crippen MR) is 98.8 cm³/mol. The first-order chi connectivity index (χ1) is 11.7. The van der Waals surface area contributed by atoms with E-state index in [9.17, 15) is 4.79 Å². The molecule has 24 heavy (non-hydrogen) atoms. The molecule has 0 unspecified atom stereocenters. The van der Waals surface area contributed by atoms with Gasteiger partial charge in [-0.3, -0.25) is 9.69 Å². The van der Waals surface area contributed by atoms with Crippen LogP contribution in [-0.4, -0.2) is 43.7 Å².